The molecule has 1 aromatic heterocycles. The fraction of sp³-hybridized carbons (Fsp3) is 0.357. The number of aromatic nitrogens is 2. The van der Waals surface area contributed by atoms with Gasteiger partial charge in [-0.25, -0.2) is 4.68 Å². The average Bonchev–Trinajstić information content (AvgIpc) is 2.64. The Balaban J connectivity index is 2.65. The summed E-state index contributed by atoms with van der Waals surface area (Å²) in [5.41, 5.74) is 5.52. The Kier molecular flexibility index (Phi) is 3.98. The maximum atomic E-state index is 6.07. The van der Waals surface area contributed by atoms with Gasteiger partial charge in [0.2, 0.25) is 0 Å². The molecule has 2 aromatic rings. The third-order valence-corrected chi connectivity index (χ3v) is 3.74. The molecule has 4 heteroatoms. The van der Waals surface area contributed by atoms with Gasteiger partial charge in [-0.1, -0.05) is 24.6 Å². The predicted octanol–water partition coefficient (Wildman–Crippen LogP) is 4.44. The lowest BCUT2D eigenvalue weighted by molar-refractivity contribution is 0.825. The number of rotatable bonds is 3. The highest BCUT2D eigenvalue weighted by Gasteiger charge is 2.13. The Morgan fingerprint density at radius 2 is 2.00 bits per heavy atom. The summed E-state index contributed by atoms with van der Waals surface area (Å²) in [6.45, 7) is 6.26. The minimum Gasteiger partial charge on any atom is -0.237 e. The van der Waals surface area contributed by atoms with Crippen LogP contribution < -0.4 is 0 Å². The second-order valence-electron chi connectivity index (χ2n) is 4.32. The van der Waals surface area contributed by atoms with Gasteiger partial charge in [-0.3, -0.25) is 0 Å². The number of aryl methyl sites for hydroxylation is 1. The van der Waals surface area contributed by atoms with E-state index in [9.17, 15) is 0 Å². The van der Waals surface area contributed by atoms with Crippen molar-refractivity contribution in [3.8, 4) is 5.69 Å². The molecule has 0 spiro atoms. The quantitative estimate of drug-likeness (QED) is 0.761. The van der Waals surface area contributed by atoms with Gasteiger partial charge in [0.05, 0.1) is 11.4 Å². The predicted molar refractivity (Wildman–Crippen MR) is 77.0 cm³/mol. The molecule has 0 saturated carbocycles. The summed E-state index contributed by atoms with van der Waals surface area (Å²) in [4.78, 5) is 0. The van der Waals surface area contributed by atoms with Gasteiger partial charge >= 0.3 is 0 Å². The summed E-state index contributed by atoms with van der Waals surface area (Å²) in [5.74, 6) is 0.451. The molecule has 96 valence electrons. The van der Waals surface area contributed by atoms with Gasteiger partial charge in [-0.15, -0.1) is 11.6 Å². The molecule has 0 fully saturated rings. The lowest BCUT2D eigenvalue weighted by atomic mass is 10.1. The molecule has 0 saturated heterocycles. The van der Waals surface area contributed by atoms with Gasteiger partial charge in [0.1, 0.15) is 0 Å². The highest BCUT2D eigenvalue weighted by Crippen LogP contribution is 2.25. The molecule has 0 aliphatic rings. The fourth-order valence-electron chi connectivity index (χ4n) is 2.27. The van der Waals surface area contributed by atoms with E-state index in [1.54, 1.807) is 0 Å². The minimum absolute atomic E-state index is 0.451. The summed E-state index contributed by atoms with van der Waals surface area (Å²) < 4.78 is 1.94. The highest BCUT2D eigenvalue weighted by atomic mass is 35.5. The smallest absolute Gasteiger partial charge is 0.0707 e. The third-order valence-electron chi connectivity index (χ3n) is 3.21. The van der Waals surface area contributed by atoms with Crippen molar-refractivity contribution < 1.29 is 0 Å². The Hall–Kier alpha value is -0.990. The van der Waals surface area contributed by atoms with Crippen LogP contribution in [0.15, 0.2) is 18.2 Å². The number of hydrogen-bond acceptors (Lipinski definition) is 1. The molecule has 0 unspecified atom stereocenters. The zero-order valence-electron chi connectivity index (χ0n) is 10.8. The van der Waals surface area contributed by atoms with Crippen LogP contribution >= 0.6 is 23.2 Å². The number of hydrogen-bond donors (Lipinski definition) is 0. The number of alkyl halides is 1. The topological polar surface area (TPSA) is 17.8 Å². The summed E-state index contributed by atoms with van der Waals surface area (Å²) in [5, 5.41) is 5.30. The summed E-state index contributed by atoms with van der Waals surface area (Å²) in [6, 6.07) is 5.72. The molecular formula is C14H16Cl2N2. The fourth-order valence-corrected chi connectivity index (χ4v) is 2.66. The van der Waals surface area contributed by atoms with Crippen LogP contribution in [-0.4, -0.2) is 9.78 Å². The molecule has 1 aromatic carbocycles. The van der Waals surface area contributed by atoms with Crippen molar-refractivity contribution >= 4 is 23.2 Å². The Morgan fingerprint density at radius 3 is 2.56 bits per heavy atom. The molecule has 0 atom stereocenters. The average molecular weight is 283 g/mol. The van der Waals surface area contributed by atoms with E-state index >= 15 is 0 Å². The van der Waals surface area contributed by atoms with Crippen LogP contribution in [0.25, 0.3) is 5.69 Å². The lowest BCUT2D eigenvalue weighted by Gasteiger charge is -2.10. The first kappa shape index (κ1) is 13.4. The molecule has 2 nitrogen and oxygen atoms in total. The van der Waals surface area contributed by atoms with Gasteiger partial charge in [-0.05, 0) is 43.5 Å². The molecule has 18 heavy (non-hydrogen) atoms. The maximum Gasteiger partial charge on any atom is 0.0707 e. The third kappa shape index (κ3) is 2.27. The van der Waals surface area contributed by atoms with Gasteiger partial charge in [0.15, 0.2) is 0 Å². The van der Waals surface area contributed by atoms with Crippen molar-refractivity contribution in [2.24, 2.45) is 0 Å². The van der Waals surface area contributed by atoms with Crippen LogP contribution in [0.3, 0.4) is 0 Å². The van der Waals surface area contributed by atoms with Gasteiger partial charge < -0.3 is 0 Å². The summed E-state index contributed by atoms with van der Waals surface area (Å²) in [7, 11) is 0. The largest absolute Gasteiger partial charge is 0.237 e. The van der Waals surface area contributed by atoms with E-state index in [4.69, 9.17) is 23.2 Å². The van der Waals surface area contributed by atoms with Crippen LogP contribution in [0.4, 0.5) is 0 Å². The Bertz CT molecular complexity index is 573. The van der Waals surface area contributed by atoms with Gasteiger partial charge in [0, 0.05) is 16.6 Å². The van der Waals surface area contributed by atoms with Gasteiger partial charge in [-0.2, -0.15) is 5.10 Å². The molecular weight excluding hydrogens is 267 g/mol. The summed E-state index contributed by atoms with van der Waals surface area (Å²) in [6.07, 6.45) is 0.981. The van der Waals surface area contributed by atoms with Crippen LogP contribution in [0.2, 0.25) is 5.02 Å². The van der Waals surface area contributed by atoms with E-state index in [0.717, 1.165) is 29.1 Å². The first-order valence-electron chi connectivity index (χ1n) is 5.98. The molecule has 0 amide bonds. The van der Waals surface area contributed by atoms with E-state index in [2.05, 4.69) is 18.9 Å². The Labute approximate surface area is 118 Å². The van der Waals surface area contributed by atoms with Crippen molar-refractivity contribution in [1.82, 2.24) is 9.78 Å². The number of nitrogens with zero attached hydrogens (tertiary/aromatic N) is 2. The molecule has 0 bridgehead atoms. The van der Waals surface area contributed by atoms with Gasteiger partial charge in [0.25, 0.3) is 0 Å². The van der Waals surface area contributed by atoms with Crippen molar-refractivity contribution in [3.63, 3.8) is 0 Å². The molecule has 2 rings (SSSR count). The monoisotopic (exact) mass is 282 g/mol. The lowest BCUT2D eigenvalue weighted by Crippen LogP contribution is -2.03. The first-order valence-corrected chi connectivity index (χ1v) is 6.89. The van der Waals surface area contributed by atoms with Crippen LogP contribution in [0, 0.1) is 13.8 Å². The van der Waals surface area contributed by atoms with E-state index in [1.165, 1.54) is 5.56 Å². The van der Waals surface area contributed by atoms with E-state index in [0.29, 0.717) is 10.9 Å². The molecule has 0 aliphatic carbocycles. The zero-order chi connectivity index (χ0) is 13.3. The number of benzene rings is 1. The highest BCUT2D eigenvalue weighted by molar-refractivity contribution is 6.30. The number of halogens is 2. The molecule has 1 heterocycles. The second-order valence-corrected chi connectivity index (χ2v) is 5.03. The van der Waals surface area contributed by atoms with Crippen molar-refractivity contribution in [1.29, 1.82) is 0 Å². The molecule has 0 aliphatic heterocycles. The molecule has 0 N–H and O–H groups in total. The normalized spacial score (nSPS) is 10.9. The maximum absolute atomic E-state index is 6.07. The van der Waals surface area contributed by atoms with Crippen LogP contribution in [0.5, 0.6) is 0 Å². The van der Waals surface area contributed by atoms with E-state index < -0.39 is 0 Å². The van der Waals surface area contributed by atoms with Crippen LogP contribution in [0.1, 0.15) is 29.4 Å². The van der Waals surface area contributed by atoms with Crippen molar-refractivity contribution in [3.05, 3.63) is 45.7 Å². The minimum atomic E-state index is 0.451. The SMILES string of the molecule is CCc1c(C)nn(-c2cc(Cl)ccc2CCl)c1C. The summed E-state index contributed by atoms with van der Waals surface area (Å²) >= 11 is 12.1. The second kappa shape index (κ2) is 5.33. The van der Waals surface area contributed by atoms with E-state index in [1.807, 2.05) is 29.8 Å². The van der Waals surface area contributed by atoms with Crippen LogP contribution in [-0.2, 0) is 12.3 Å². The van der Waals surface area contributed by atoms with Crippen molar-refractivity contribution in [2.45, 2.75) is 33.1 Å². The van der Waals surface area contributed by atoms with E-state index in [-0.39, 0.29) is 0 Å². The first-order chi connectivity index (χ1) is 8.58. The standard InChI is InChI=1S/C14H16Cl2N2/c1-4-13-9(2)17-18(10(13)3)14-7-12(16)6-5-11(14)8-15/h5-7H,4,8H2,1-3H3. The van der Waals surface area contributed by atoms with Crippen molar-refractivity contribution in [2.75, 3.05) is 0 Å². The molecule has 0 radical (unpaired) electrons. The zero-order valence-corrected chi connectivity index (χ0v) is 12.3. The Morgan fingerprint density at radius 1 is 1.28 bits per heavy atom.